The summed E-state index contributed by atoms with van der Waals surface area (Å²) < 4.78 is 20.0. The van der Waals surface area contributed by atoms with E-state index < -0.39 is 6.10 Å². The number of halogens is 1. The minimum Gasteiger partial charge on any atom is -0.481 e. The first-order chi connectivity index (χ1) is 14.5. The van der Waals surface area contributed by atoms with Crippen molar-refractivity contribution in [2.24, 2.45) is 0 Å². The van der Waals surface area contributed by atoms with E-state index in [9.17, 15) is 14.0 Å². The second-order valence-corrected chi connectivity index (χ2v) is 7.42. The molecule has 1 aliphatic heterocycles. The number of hydrogen-bond acceptors (Lipinski definition) is 3. The van der Waals surface area contributed by atoms with Crippen molar-refractivity contribution in [3.8, 4) is 5.75 Å². The third-order valence-electron chi connectivity index (χ3n) is 5.43. The van der Waals surface area contributed by atoms with Crippen molar-refractivity contribution in [2.45, 2.75) is 52.2 Å². The summed E-state index contributed by atoms with van der Waals surface area (Å²) in [6, 6.07) is 11.7. The topological polar surface area (TPSA) is 58.6 Å². The molecule has 1 N–H and O–H groups in total. The van der Waals surface area contributed by atoms with E-state index in [1.165, 1.54) is 12.1 Å². The maximum atomic E-state index is 14.0. The van der Waals surface area contributed by atoms with Gasteiger partial charge in [-0.05, 0) is 60.7 Å². The van der Waals surface area contributed by atoms with Gasteiger partial charge < -0.3 is 15.0 Å². The maximum absolute atomic E-state index is 14.0. The Morgan fingerprint density at radius 3 is 2.67 bits per heavy atom. The minimum absolute atomic E-state index is 0.0231. The molecule has 2 aromatic rings. The van der Waals surface area contributed by atoms with Gasteiger partial charge in [0.2, 0.25) is 5.91 Å². The molecular weight excluding hydrogens is 383 g/mol. The van der Waals surface area contributed by atoms with E-state index in [1.807, 2.05) is 49.9 Å². The molecule has 0 aliphatic carbocycles. The zero-order valence-corrected chi connectivity index (χ0v) is 17.8. The van der Waals surface area contributed by atoms with Crippen LogP contribution in [0.3, 0.4) is 0 Å². The zero-order chi connectivity index (χ0) is 21.7. The summed E-state index contributed by atoms with van der Waals surface area (Å²) in [5.74, 6) is 0.106. The second kappa shape index (κ2) is 9.74. The first-order valence-electron chi connectivity index (χ1n) is 10.6. The van der Waals surface area contributed by atoms with Crippen molar-refractivity contribution in [3.63, 3.8) is 0 Å². The van der Waals surface area contributed by atoms with Gasteiger partial charge in [-0.2, -0.15) is 0 Å². The summed E-state index contributed by atoms with van der Waals surface area (Å²) in [4.78, 5) is 26.7. The number of rotatable bonds is 7. The van der Waals surface area contributed by atoms with E-state index in [0.29, 0.717) is 31.7 Å². The SMILES string of the molecule is CCNC(=O)[C@@H](CC)Oc1ccc2c(c1)[C@H](c1cccc(F)c1)N(C(=O)CC)CC2. The van der Waals surface area contributed by atoms with Gasteiger partial charge in [0.05, 0.1) is 6.04 Å². The molecule has 0 aromatic heterocycles. The van der Waals surface area contributed by atoms with E-state index >= 15 is 0 Å². The molecule has 0 saturated carbocycles. The Hall–Kier alpha value is -2.89. The first kappa shape index (κ1) is 21.8. The van der Waals surface area contributed by atoms with Crippen molar-refractivity contribution in [1.82, 2.24) is 10.2 Å². The Labute approximate surface area is 177 Å². The van der Waals surface area contributed by atoms with Crippen LogP contribution in [0.2, 0.25) is 0 Å². The van der Waals surface area contributed by atoms with Gasteiger partial charge in [-0.25, -0.2) is 4.39 Å². The van der Waals surface area contributed by atoms with Crippen LogP contribution in [0.4, 0.5) is 4.39 Å². The monoisotopic (exact) mass is 412 g/mol. The third kappa shape index (κ3) is 4.64. The van der Waals surface area contributed by atoms with Crippen molar-refractivity contribution >= 4 is 11.8 Å². The molecule has 30 heavy (non-hydrogen) atoms. The molecule has 2 atom stereocenters. The molecule has 0 fully saturated rings. The molecule has 0 bridgehead atoms. The van der Waals surface area contributed by atoms with Gasteiger partial charge in [0, 0.05) is 19.5 Å². The molecule has 3 rings (SSSR count). The van der Waals surface area contributed by atoms with Crippen molar-refractivity contribution < 1.29 is 18.7 Å². The standard InChI is InChI=1S/C24H29FN2O3/c1-4-21(24(29)26-6-3)30-19-11-10-16-12-13-27(22(28)5-2)23(20(16)15-19)17-8-7-9-18(25)14-17/h7-11,14-15,21,23H,4-6,12-13H2,1-3H3,(H,26,29)/t21-,23+/m1/s1. The number of carbonyl (C=O) groups excluding carboxylic acids is 2. The predicted molar refractivity (Wildman–Crippen MR) is 114 cm³/mol. The van der Waals surface area contributed by atoms with Gasteiger partial charge in [0.25, 0.3) is 5.91 Å². The summed E-state index contributed by atoms with van der Waals surface area (Å²) >= 11 is 0. The van der Waals surface area contributed by atoms with E-state index in [4.69, 9.17) is 4.74 Å². The molecule has 1 aliphatic rings. The molecule has 5 nitrogen and oxygen atoms in total. The Bertz CT molecular complexity index is 915. The predicted octanol–water partition coefficient (Wildman–Crippen LogP) is 4.00. The second-order valence-electron chi connectivity index (χ2n) is 7.42. The normalized spacial score (nSPS) is 16.5. The number of ether oxygens (including phenoxy) is 1. The molecular formula is C24H29FN2O3. The van der Waals surface area contributed by atoms with Crippen LogP contribution < -0.4 is 10.1 Å². The minimum atomic E-state index is -0.590. The van der Waals surface area contributed by atoms with Crippen LogP contribution in [0.15, 0.2) is 42.5 Å². The smallest absolute Gasteiger partial charge is 0.261 e. The maximum Gasteiger partial charge on any atom is 0.261 e. The molecule has 6 heteroatoms. The van der Waals surface area contributed by atoms with E-state index in [0.717, 1.165) is 23.1 Å². The van der Waals surface area contributed by atoms with Crippen LogP contribution in [0.1, 0.15) is 56.3 Å². The summed E-state index contributed by atoms with van der Waals surface area (Å²) in [5.41, 5.74) is 2.74. The van der Waals surface area contributed by atoms with Crippen molar-refractivity contribution in [2.75, 3.05) is 13.1 Å². The number of amides is 2. The molecule has 0 unspecified atom stereocenters. The number of hydrogen-bond donors (Lipinski definition) is 1. The Morgan fingerprint density at radius 2 is 2.00 bits per heavy atom. The summed E-state index contributed by atoms with van der Waals surface area (Å²) in [6.07, 6.45) is 1.05. The zero-order valence-electron chi connectivity index (χ0n) is 17.8. The molecule has 0 radical (unpaired) electrons. The first-order valence-corrected chi connectivity index (χ1v) is 10.6. The van der Waals surface area contributed by atoms with Gasteiger partial charge in [-0.15, -0.1) is 0 Å². The lowest BCUT2D eigenvalue weighted by molar-refractivity contribution is -0.133. The van der Waals surface area contributed by atoms with E-state index in [-0.39, 0.29) is 23.7 Å². The van der Waals surface area contributed by atoms with Gasteiger partial charge in [0.1, 0.15) is 11.6 Å². The largest absolute Gasteiger partial charge is 0.481 e. The van der Waals surface area contributed by atoms with Gasteiger partial charge in [-0.1, -0.05) is 32.0 Å². The lowest BCUT2D eigenvalue weighted by atomic mass is 9.87. The third-order valence-corrected chi connectivity index (χ3v) is 5.43. The number of likely N-dealkylation sites (N-methyl/N-ethyl adjacent to an activating group) is 1. The average molecular weight is 413 g/mol. The number of nitrogens with zero attached hydrogens (tertiary/aromatic N) is 1. The lowest BCUT2D eigenvalue weighted by Crippen LogP contribution is -2.40. The molecule has 1 heterocycles. The Morgan fingerprint density at radius 1 is 1.20 bits per heavy atom. The van der Waals surface area contributed by atoms with Crippen LogP contribution in [0.25, 0.3) is 0 Å². The van der Waals surface area contributed by atoms with Crippen molar-refractivity contribution in [3.05, 3.63) is 65.0 Å². The summed E-state index contributed by atoms with van der Waals surface area (Å²) in [7, 11) is 0. The number of carbonyl (C=O) groups is 2. The van der Waals surface area contributed by atoms with Gasteiger partial charge in [0.15, 0.2) is 6.10 Å². The van der Waals surface area contributed by atoms with E-state index in [1.54, 1.807) is 6.07 Å². The highest BCUT2D eigenvalue weighted by Crippen LogP contribution is 2.38. The molecule has 0 spiro atoms. The fourth-order valence-electron chi connectivity index (χ4n) is 3.95. The summed E-state index contributed by atoms with van der Waals surface area (Å²) in [6.45, 7) is 6.72. The fraction of sp³-hybridized carbons (Fsp3) is 0.417. The van der Waals surface area contributed by atoms with Crippen molar-refractivity contribution in [1.29, 1.82) is 0 Å². The highest BCUT2D eigenvalue weighted by molar-refractivity contribution is 5.81. The van der Waals surface area contributed by atoms with Crippen LogP contribution in [-0.4, -0.2) is 35.9 Å². The van der Waals surface area contributed by atoms with E-state index in [2.05, 4.69) is 5.32 Å². The molecule has 0 saturated heterocycles. The summed E-state index contributed by atoms with van der Waals surface area (Å²) in [5, 5.41) is 2.79. The number of benzene rings is 2. The molecule has 2 amide bonds. The lowest BCUT2D eigenvalue weighted by Gasteiger charge is -2.38. The van der Waals surface area contributed by atoms with Gasteiger partial charge >= 0.3 is 0 Å². The van der Waals surface area contributed by atoms with Crippen LogP contribution >= 0.6 is 0 Å². The van der Waals surface area contributed by atoms with Crippen LogP contribution in [0.5, 0.6) is 5.75 Å². The molecule has 2 aromatic carbocycles. The number of fused-ring (bicyclic) bond motifs is 1. The average Bonchev–Trinajstić information content (AvgIpc) is 2.76. The Balaban J connectivity index is 2.00. The fourth-order valence-corrected chi connectivity index (χ4v) is 3.95. The van der Waals surface area contributed by atoms with Gasteiger partial charge in [-0.3, -0.25) is 9.59 Å². The number of nitrogens with one attached hydrogen (secondary N) is 1. The van der Waals surface area contributed by atoms with Crippen LogP contribution in [0, 0.1) is 5.82 Å². The Kier molecular flexibility index (Phi) is 7.08. The highest BCUT2D eigenvalue weighted by atomic mass is 19.1. The molecule has 160 valence electrons. The highest BCUT2D eigenvalue weighted by Gasteiger charge is 2.32. The quantitative estimate of drug-likeness (QED) is 0.748. The van der Waals surface area contributed by atoms with Crippen LogP contribution in [-0.2, 0) is 16.0 Å².